The molecule has 0 fully saturated rings. The molecule has 2 aromatic rings. The number of benzene rings is 1. The molecule has 2 heterocycles. The Morgan fingerprint density at radius 3 is 3.10 bits per heavy atom. The van der Waals surface area contributed by atoms with Gasteiger partial charge in [0.25, 0.3) is 5.89 Å². The Balaban J connectivity index is 1.64. The van der Waals surface area contributed by atoms with E-state index in [4.69, 9.17) is 19.7 Å². The van der Waals surface area contributed by atoms with Crippen molar-refractivity contribution in [2.45, 2.75) is 31.9 Å². The largest absolute Gasteiger partial charge is 0.480 e. The minimum absolute atomic E-state index is 0.229. The van der Waals surface area contributed by atoms with Crippen molar-refractivity contribution in [3.05, 3.63) is 41.5 Å². The fraction of sp³-hybridized carbons (Fsp3) is 0.467. The molecule has 6 nitrogen and oxygen atoms in total. The quantitative estimate of drug-likeness (QED) is 0.821. The zero-order valence-electron chi connectivity index (χ0n) is 12.0. The molecule has 0 bridgehead atoms. The minimum Gasteiger partial charge on any atom is -0.480 e. The molecule has 2 atom stereocenters. The van der Waals surface area contributed by atoms with Crippen molar-refractivity contribution in [3.63, 3.8) is 0 Å². The van der Waals surface area contributed by atoms with E-state index in [1.165, 1.54) is 0 Å². The molecule has 0 aliphatic carbocycles. The minimum atomic E-state index is -0.377. The van der Waals surface area contributed by atoms with E-state index in [-0.39, 0.29) is 12.1 Å². The maximum atomic E-state index is 5.98. The van der Waals surface area contributed by atoms with E-state index in [0.717, 1.165) is 24.2 Å². The molecule has 1 aliphatic heterocycles. The maximum absolute atomic E-state index is 5.98. The molecule has 0 spiro atoms. The van der Waals surface area contributed by atoms with Crippen LogP contribution in [0.25, 0.3) is 0 Å². The molecule has 2 unspecified atom stereocenters. The van der Waals surface area contributed by atoms with E-state index in [1.54, 1.807) is 0 Å². The molecular formula is C15H19N3O3. The predicted molar refractivity (Wildman–Crippen MR) is 75.9 cm³/mol. The van der Waals surface area contributed by atoms with Crippen molar-refractivity contribution in [2.24, 2.45) is 5.73 Å². The van der Waals surface area contributed by atoms with Gasteiger partial charge in [0, 0.05) is 13.0 Å². The highest BCUT2D eigenvalue weighted by molar-refractivity contribution is 5.37. The summed E-state index contributed by atoms with van der Waals surface area (Å²) in [6, 6.07) is 7.54. The van der Waals surface area contributed by atoms with Crippen molar-refractivity contribution in [1.82, 2.24) is 10.1 Å². The second-order valence-corrected chi connectivity index (χ2v) is 5.09. The van der Waals surface area contributed by atoms with Gasteiger partial charge in [-0.3, -0.25) is 0 Å². The summed E-state index contributed by atoms with van der Waals surface area (Å²) in [5, 5.41) is 3.93. The predicted octanol–water partition coefficient (Wildman–Crippen LogP) is 2.17. The van der Waals surface area contributed by atoms with Crippen LogP contribution >= 0.6 is 0 Å². The maximum Gasteiger partial charge on any atom is 0.268 e. The highest BCUT2D eigenvalue weighted by Crippen LogP contribution is 2.35. The van der Waals surface area contributed by atoms with Crippen LogP contribution in [0.3, 0.4) is 0 Å². The van der Waals surface area contributed by atoms with E-state index >= 15 is 0 Å². The molecule has 1 aromatic carbocycles. The molecule has 0 radical (unpaired) electrons. The topological polar surface area (TPSA) is 83.4 Å². The first-order valence-corrected chi connectivity index (χ1v) is 7.19. The van der Waals surface area contributed by atoms with E-state index in [9.17, 15) is 0 Å². The Hall–Kier alpha value is -1.92. The first-order valence-electron chi connectivity index (χ1n) is 7.19. The van der Waals surface area contributed by atoms with Crippen molar-refractivity contribution in [1.29, 1.82) is 0 Å². The first-order chi connectivity index (χ1) is 10.3. The van der Waals surface area contributed by atoms with Crippen LogP contribution in [0.2, 0.25) is 0 Å². The Labute approximate surface area is 123 Å². The highest BCUT2D eigenvalue weighted by Gasteiger charge is 2.29. The lowest BCUT2D eigenvalue weighted by molar-refractivity contribution is 0.119. The van der Waals surface area contributed by atoms with Crippen LogP contribution in [0.15, 0.2) is 28.8 Å². The van der Waals surface area contributed by atoms with Crippen molar-refractivity contribution in [3.8, 4) is 5.75 Å². The normalized spacial score (nSPS) is 18.3. The molecule has 0 amide bonds. The number of ether oxygens (including phenoxy) is 2. The fourth-order valence-electron chi connectivity index (χ4n) is 2.28. The van der Waals surface area contributed by atoms with Gasteiger partial charge in [-0.05, 0) is 18.1 Å². The summed E-state index contributed by atoms with van der Waals surface area (Å²) in [5.41, 5.74) is 7.13. The molecule has 0 saturated heterocycles. The van der Waals surface area contributed by atoms with Crippen LogP contribution in [0.5, 0.6) is 5.75 Å². The fourth-order valence-corrected chi connectivity index (χ4v) is 2.28. The van der Waals surface area contributed by atoms with Crippen LogP contribution in [0, 0.1) is 0 Å². The molecule has 2 N–H and O–H groups in total. The number of aromatic nitrogens is 2. The summed E-state index contributed by atoms with van der Waals surface area (Å²) in [7, 11) is 0. The monoisotopic (exact) mass is 289 g/mol. The van der Waals surface area contributed by atoms with E-state index in [0.29, 0.717) is 24.9 Å². The Kier molecular flexibility index (Phi) is 4.17. The number of hydrogen-bond donors (Lipinski definition) is 1. The first kappa shape index (κ1) is 14.0. The summed E-state index contributed by atoms with van der Waals surface area (Å²) >= 11 is 0. The summed E-state index contributed by atoms with van der Waals surface area (Å²) in [6.45, 7) is 3.12. The van der Waals surface area contributed by atoms with Crippen LogP contribution in [0.1, 0.15) is 42.8 Å². The van der Waals surface area contributed by atoms with Gasteiger partial charge in [0.1, 0.15) is 5.75 Å². The summed E-state index contributed by atoms with van der Waals surface area (Å²) in [4.78, 5) is 4.35. The van der Waals surface area contributed by atoms with Crippen LogP contribution in [-0.4, -0.2) is 23.4 Å². The Morgan fingerprint density at radius 1 is 1.43 bits per heavy atom. The third-order valence-corrected chi connectivity index (χ3v) is 3.36. The molecular weight excluding hydrogens is 270 g/mol. The van der Waals surface area contributed by atoms with Crippen LogP contribution in [-0.2, 0) is 11.2 Å². The molecule has 112 valence electrons. The van der Waals surface area contributed by atoms with E-state index in [1.807, 2.05) is 31.2 Å². The standard InChI is InChI=1S/C15H19N3O3/c1-2-7-19-9-11(16)14-17-15(21-18-14)13-8-10-5-3-4-6-12(10)20-13/h3-6,11,13H,2,7-9,16H2,1H3. The highest BCUT2D eigenvalue weighted by atomic mass is 16.5. The van der Waals surface area contributed by atoms with Gasteiger partial charge in [0.2, 0.25) is 0 Å². The molecule has 1 aliphatic rings. The van der Waals surface area contributed by atoms with E-state index < -0.39 is 0 Å². The third-order valence-electron chi connectivity index (χ3n) is 3.36. The Bertz CT molecular complexity index is 574. The number of rotatable bonds is 6. The summed E-state index contributed by atoms with van der Waals surface area (Å²) < 4.78 is 16.5. The lowest BCUT2D eigenvalue weighted by atomic mass is 10.1. The van der Waals surface area contributed by atoms with Gasteiger partial charge in [-0.1, -0.05) is 30.3 Å². The molecule has 3 rings (SSSR count). The molecule has 0 saturated carbocycles. The van der Waals surface area contributed by atoms with Crippen LogP contribution in [0.4, 0.5) is 0 Å². The summed E-state index contributed by atoms with van der Waals surface area (Å²) in [5.74, 6) is 1.80. The van der Waals surface area contributed by atoms with Gasteiger partial charge in [0.15, 0.2) is 11.9 Å². The van der Waals surface area contributed by atoms with Crippen molar-refractivity contribution < 1.29 is 14.0 Å². The zero-order chi connectivity index (χ0) is 14.7. The number of hydrogen-bond acceptors (Lipinski definition) is 6. The summed E-state index contributed by atoms with van der Waals surface area (Å²) in [6.07, 6.45) is 1.46. The number of nitrogens with two attached hydrogens (primary N) is 1. The lowest BCUT2D eigenvalue weighted by Crippen LogP contribution is -2.19. The molecule has 1 aromatic heterocycles. The smallest absolute Gasteiger partial charge is 0.268 e. The van der Waals surface area contributed by atoms with Gasteiger partial charge in [-0.15, -0.1) is 0 Å². The number of para-hydroxylation sites is 1. The second kappa shape index (κ2) is 6.24. The third kappa shape index (κ3) is 3.06. The SMILES string of the molecule is CCCOCC(N)c1noc(C2Cc3ccccc3O2)n1. The van der Waals surface area contributed by atoms with Gasteiger partial charge in [-0.2, -0.15) is 4.98 Å². The molecule has 6 heteroatoms. The number of nitrogens with zero attached hydrogens (tertiary/aromatic N) is 2. The number of fused-ring (bicyclic) bond motifs is 1. The van der Waals surface area contributed by atoms with Crippen molar-refractivity contribution >= 4 is 0 Å². The van der Waals surface area contributed by atoms with Gasteiger partial charge in [0.05, 0.1) is 12.6 Å². The van der Waals surface area contributed by atoms with E-state index in [2.05, 4.69) is 10.1 Å². The van der Waals surface area contributed by atoms with Crippen LogP contribution < -0.4 is 10.5 Å². The Morgan fingerprint density at radius 2 is 2.29 bits per heavy atom. The van der Waals surface area contributed by atoms with Gasteiger partial charge >= 0.3 is 0 Å². The zero-order valence-corrected chi connectivity index (χ0v) is 12.0. The average molecular weight is 289 g/mol. The van der Waals surface area contributed by atoms with Gasteiger partial charge < -0.3 is 19.7 Å². The average Bonchev–Trinajstić information content (AvgIpc) is 3.13. The lowest BCUT2D eigenvalue weighted by Gasteiger charge is -2.07. The van der Waals surface area contributed by atoms with Gasteiger partial charge in [-0.25, -0.2) is 0 Å². The van der Waals surface area contributed by atoms with Crippen molar-refractivity contribution in [2.75, 3.05) is 13.2 Å². The molecule has 21 heavy (non-hydrogen) atoms. The second-order valence-electron chi connectivity index (χ2n) is 5.09.